The van der Waals surface area contributed by atoms with E-state index >= 15 is 0 Å². The van der Waals surface area contributed by atoms with Crippen LogP contribution in [-0.4, -0.2) is 56.5 Å². The van der Waals surface area contributed by atoms with E-state index in [-0.39, 0.29) is 30.7 Å². The van der Waals surface area contributed by atoms with Crippen molar-refractivity contribution in [3.63, 3.8) is 0 Å². The topological polar surface area (TPSA) is 35.6 Å². The number of nitrogens with zero attached hydrogens (tertiary/aromatic N) is 2. The minimum absolute atomic E-state index is 0. The molecule has 1 aromatic rings. The molecule has 0 bridgehead atoms. The van der Waals surface area contributed by atoms with Crippen LogP contribution in [0.15, 0.2) is 30.3 Å². The summed E-state index contributed by atoms with van der Waals surface area (Å²) in [5.74, 6) is 0.156. The lowest BCUT2D eigenvalue weighted by Gasteiger charge is -2.21. The van der Waals surface area contributed by atoms with Gasteiger partial charge in [0.25, 0.3) is 0 Å². The Hall–Kier alpha value is -0.810. The van der Waals surface area contributed by atoms with E-state index in [4.69, 9.17) is 0 Å². The lowest BCUT2D eigenvalue weighted by Crippen LogP contribution is -2.39. The molecule has 0 unspecified atom stereocenters. The number of carbonyl (C=O) groups excluding carboxylic acids is 1. The molecule has 0 radical (unpaired) electrons. The number of carbonyl (C=O) groups is 1. The van der Waals surface area contributed by atoms with Crippen LogP contribution in [-0.2, 0) is 11.3 Å². The summed E-state index contributed by atoms with van der Waals surface area (Å²) < 4.78 is 0. The summed E-state index contributed by atoms with van der Waals surface area (Å²) in [6.07, 6.45) is 0. The van der Waals surface area contributed by atoms with E-state index in [0.717, 1.165) is 19.6 Å². The number of rotatable bonds is 7. The molecule has 6 heteroatoms. The summed E-state index contributed by atoms with van der Waals surface area (Å²) in [4.78, 5) is 15.7. The van der Waals surface area contributed by atoms with Gasteiger partial charge in [-0.1, -0.05) is 30.3 Å². The molecule has 20 heavy (non-hydrogen) atoms. The van der Waals surface area contributed by atoms with Gasteiger partial charge >= 0.3 is 0 Å². The summed E-state index contributed by atoms with van der Waals surface area (Å²) in [5, 5.41) is 3.04. The Labute approximate surface area is 134 Å². The maximum atomic E-state index is 11.9. The Morgan fingerprint density at radius 3 is 2.30 bits per heavy atom. The Bertz CT molecular complexity index is 363. The standard InChI is InChI=1S/C14H23N3O.2ClH/c1-15-9-10-17(3)14(18)12-16(2)11-13-7-5-4-6-8-13;;/h4-8,15H,9-12H2,1-3H3;2*1H. The van der Waals surface area contributed by atoms with Gasteiger partial charge in [-0.2, -0.15) is 0 Å². The smallest absolute Gasteiger partial charge is 0.236 e. The number of benzene rings is 1. The highest BCUT2D eigenvalue weighted by atomic mass is 35.5. The third kappa shape index (κ3) is 8.38. The van der Waals surface area contributed by atoms with E-state index in [1.54, 1.807) is 4.90 Å². The van der Waals surface area contributed by atoms with Crippen LogP contribution in [0.2, 0.25) is 0 Å². The Balaban J connectivity index is 0. The summed E-state index contributed by atoms with van der Waals surface area (Å²) in [5.41, 5.74) is 1.23. The Morgan fingerprint density at radius 2 is 1.75 bits per heavy atom. The van der Waals surface area contributed by atoms with Crippen molar-refractivity contribution in [1.29, 1.82) is 0 Å². The SMILES string of the molecule is CNCCN(C)C(=O)CN(C)Cc1ccccc1.Cl.Cl. The number of likely N-dealkylation sites (N-methyl/N-ethyl adjacent to an activating group) is 3. The molecule has 0 aromatic heterocycles. The number of amides is 1. The molecule has 1 amide bonds. The van der Waals surface area contributed by atoms with Crippen molar-refractivity contribution in [3.8, 4) is 0 Å². The van der Waals surface area contributed by atoms with E-state index in [1.807, 2.05) is 44.2 Å². The molecule has 0 aliphatic rings. The summed E-state index contributed by atoms with van der Waals surface area (Å²) in [6, 6.07) is 10.2. The van der Waals surface area contributed by atoms with Crippen molar-refractivity contribution in [3.05, 3.63) is 35.9 Å². The molecule has 116 valence electrons. The number of hydrogen-bond acceptors (Lipinski definition) is 3. The molecule has 0 heterocycles. The first kappa shape index (κ1) is 21.5. The van der Waals surface area contributed by atoms with Crippen LogP contribution < -0.4 is 5.32 Å². The largest absolute Gasteiger partial charge is 0.343 e. The third-order valence-electron chi connectivity index (χ3n) is 2.82. The zero-order valence-electron chi connectivity index (χ0n) is 12.3. The first-order valence-electron chi connectivity index (χ1n) is 6.24. The van der Waals surface area contributed by atoms with E-state index in [2.05, 4.69) is 17.4 Å². The van der Waals surface area contributed by atoms with Crippen LogP contribution in [0.3, 0.4) is 0 Å². The van der Waals surface area contributed by atoms with Gasteiger partial charge < -0.3 is 10.2 Å². The Morgan fingerprint density at radius 1 is 1.15 bits per heavy atom. The summed E-state index contributed by atoms with van der Waals surface area (Å²) in [7, 11) is 5.70. The van der Waals surface area contributed by atoms with Crippen molar-refractivity contribution >= 4 is 30.7 Å². The van der Waals surface area contributed by atoms with E-state index in [9.17, 15) is 4.79 Å². The molecule has 0 fully saturated rings. The highest BCUT2D eigenvalue weighted by molar-refractivity contribution is 5.85. The minimum Gasteiger partial charge on any atom is -0.343 e. The van der Waals surface area contributed by atoms with Crippen LogP contribution in [0, 0.1) is 0 Å². The van der Waals surface area contributed by atoms with Gasteiger partial charge in [0.2, 0.25) is 5.91 Å². The Kier molecular flexibility index (Phi) is 12.9. The lowest BCUT2D eigenvalue weighted by molar-refractivity contribution is -0.130. The monoisotopic (exact) mass is 321 g/mol. The van der Waals surface area contributed by atoms with Gasteiger partial charge in [-0.05, 0) is 19.7 Å². The molecular weight excluding hydrogens is 297 g/mol. The molecule has 0 atom stereocenters. The van der Waals surface area contributed by atoms with Crippen LogP contribution in [0.4, 0.5) is 0 Å². The van der Waals surface area contributed by atoms with E-state index < -0.39 is 0 Å². The average molecular weight is 322 g/mol. The normalized spacial score (nSPS) is 9.60. The van der Waals surface area contributed by atoms with Gasteiger partial charge in [-0.25, -0.2) is 0 Å². The second-order valence-electron chi connectivity index (χ2n) is 4.58. The maximum absolute atomic E-state index is 11.9. The van der Waals surface area contributed by atoms with Crippen LogP contribution in [0.25, 0.3) is 0 Å². The average Bonchev–Trinajstić information content (AvgIpc) is 2.36. The van der Waals surface area contributed by atoms with E-state index in [0.29, 0.717) is 6.54 Å². The summed E-state index contributed by atoms with van der Waals surface area (Å²) in [6.45, 7) is 2.82. The first-order chi connectivity index (χ1) is 8.63. The molecule has 1 rings (SSSR count). The van der Waals surface area contributed by atoms with Crippen LogP contribution in [0.5, 0.6) is 0 Å². The fraction of sp³-hybridized carbons (Fsp3) is 0.500. The number of nitrogens with one attached hydrogen (secondary N) is 1. The second-order valence-corrected chi connectivity index (χ2v) is 4.58. The third-order valence-corrected chi connectivity index (χ3v) is 2.82. The predicted octanol–water partition coefficient (Wildman–Crippen LogP) is 1.64. The van der Waals surface area contributed by atoms with Gasteiger partial charge in [0.1, 0.15) is 0 Å². The van der Waals surface area contributed by atoms with Crippen molar-refractivity contribution in [2.45, 2.75) is 6.54 Å². The molecule has 0 saturated heterocycles. The van der Waals surface area contributed by atoms with Crippen molar-refractivity contribution in [2.75, 3.05) is 40.8 Å². The molecule has 0 aliphatic heterocycles. The van der Waals surface area contributed by atoms with Gasteiger partial charge in [0, 0.05) is 26.7 Å². The lowest BCUT2D eigenvalue weighted by atomic mass is 10.2. The summed E-state index contributed by atoms with van der Waals surface area (Å²) >= 11 is 0. The zero-order valence-corrected chi connectivity index (χ0v) is 14.0. The number of hydrogen-bond donors (Lipinski definition) is 1. The van der Waals surface area contributed by atoms with Gasteiger partial charge in [-0.15, -0.1) is 24.8 Å². The van der Waals surface area contributed by atoms with Crippen molar-refractivity contribution in [1.82, 2.24) is 15.1 Å². The highest BCUT2D eigenvalue weighted by Crippen LogP contribution is 2.02. The van der Waals surface area contributed by atoms with Crippen LogP contribution >= 0.6 is 24.8 Å². The van der Waals surface area contributed by atoms with Crippen molar-refractivity contribution < 1.29 is 4.79 Å². The molecule has 1 N–H and O–H groups in total. The fourth-order valence-electron chi connectivity index (χ4n) is 1.71. The van der Waals surface area contributed by atoms with Gasteiger partial charge in [0.05, 0.1) is 6.54 Å². The van der Waals surface area contributed by atoms with E-state index in [1.165, 1.54) is 5.56 Å². The van der Waals surface area contributed by atoms with Gasteiger partial charge in [-0.3, -0.25) is 9.69 Å². The molecule has 0 spiro atoms. The zero-order chi connectivity index (χ0) is 13.4. The predicted molar refractivity (Wildman–Crippen MR) is 88.8 cm³/mol. The second kappa shape index (κ2) is 12.0. The highest BCUT2D eigenvalue weighted by Gasteiger charge is 2.11. The molecular formula is C14H25Cl2N3O. The molecule has 0 saturated carbocycles. The van der Waals surface area contributed by atoms with Crippen molar-refractivity contribution in [2.24, 2.45) is 0 Å². The number of halogens is 2. The maximum Gasteiger partial charge on any atom is 0.236 e. The fourth-order valence-corrected chi connectivity index (χ4v) is 1.71. The molecule has 0 aliphatic carbocycles. The quantitative estimate of drug-likeness (QED) is 0.829. The molecule has 1 aromatic carbocycles. The van der Waals surface area contributed by atoms with Gasteiger partial charge in [0.15, 0.2) is 0 Å². The minimum atomic E-state index is 0. The molecule has 4 nitrogen and oxygen atoms in total. The van der Waals surface area contributed by atoms with Crippen LogP contribution in [0.1, 0.15) is 5.56 Å². The first-order valence-corrected chi connectivity index (χ1v) is 6.24.